The third-order valence-corrected chi connectivity index (χ3v) is 10.7. The van der Waals surface area contributed by atoms with E-state index in [0.717, 1.165) is 5.56 Å². The Morgan fingerprint density at radius 1 is 0.962 bits per heavy atom. The van der Waals surface area contributed by atoms with E-state index >= 15 is 0 Å². The predicted octanol–water partition coefficient (Wildman–Crippen LogP) is 2.14. The third-order valence-electron chi connectivity index (χ3n) is 10.7. The topological polar surface area (TPSA) is 184 Å². The number of benzene rings is 1. The molecule has 14 heteroatoms. The highest BCUT2D eigenvalue weighted by Crippen LogP contribution is 2.29. The minimum Gasteiger partial charge on any atom is -0.480 e. The maximum atomic E-state index is 14.1. The number of hydrogen-bond acceptors (Lipinski definition) is 9. The molecule has 1 aromatic carbocycles. The Labute approximate surface area is 316 Å². The molecule has 1 aromatic rings. The number of amides is 4. The number of nitrogens with one attached hydrogen (secondary N) is 2. The summed E-state index contributed by atoms with van der Waals surface area (Å²) in [6.45, 7) is 11.7. The summed E-state index contributed by atoms with van der Waals surface area (Å²) in [7, 11) is 8.29. The number of rotatable bonds is 21. The highest BCUT2D eigenvalue weighted by atomic mass is 16.5. The fourth-order valence-electron chi connectivity index (χ4n) is 7.67. The van der Waals surface area contributed by atoms with E-state index < -0.39 is 66.3 Å². The molecule has 1 heterocycles. The van der Waals surface area contributed by atoms with E-state index in [0.29, 0.717) is 25.8 Å². The number of carboxylic acids is 1. The molecule has 1 saturated heterocycles. The van der Waals surface area contributed by atoms with Crippen LogP contribution in [0.3, 0.4) is 0 Å². The van der Waals surface area contributed by atoms with Crippen LogP contribution in [0.1, 0.15) is 72.8 Å². The lowest BCUT2D eigenvalue weighted by molar-refractivity contribution is -0.148. The Morgan fingerprint density at radius 2 is 1.58 bits per heavy atom. The van der Waals surface area contributed by atoms with Crippen LogP contribution >= 0.6 is 0 Å². The number of carbonyl (C=O) groups excluding carboxylic acids is 4. The molecule has 300 valence electrons. The van der Waals surface area contributed by atoms with E-state index in [-0.39, 0.29) is 42.4 Å². The van der Waals surface area contributed by atoms with Gasteiger partial charge in [0.25, 0.3) is 0 Å². The van der Waals surface area contributed by atoms with E-state index in [1.165, 1.54) is 14.2 Å². The van der Waals surface area contributed by atoms with Gasteiger partial charge in [-0.25, -0.2) is 4.79 Å². The van der Waals surface area contributed by atoms with Crippen molar-refractivity contribution in [1.82, 2.24) is 25.3 Å². The van der Waals surface area contributed by atoms with Gasteiger partial charge in [0.2, 0.25) is 23.6 Å². The normalized spacial score (nSPS) is 19.7. The molecule has 0 bridgehead atoms. The molecule has 0 aromatic heterocycles. The molecule has 4 amide bonds. The molecule has 53 heavy (non-hydrogen) atoms. The first-order chi connectivity index (χ1) is 24.9. The van der Waals surface area contributed by atoms with Crippen LogP contribution in [-0.4, -0.2) is 140 Å². The summed E-state index contributed by atoms with van der Waals surface area (Å²) in [5.74, 6) is -3.36. The number of hydrogen-bond donors (Lipinski definition) is 4. The highest BCUT2D eigenvalue weighted by Gasteiger charge is 2.43. The zero-order valence-corrected chi connectivity index (χ0v) is 33.7. The van der Waals surface area contributed by atoms with Gasteiger partial charge in [0.1, 0.15) is 12.1 Å². The molecule has 14 nitrogen and oxygen atoms in total. The number of aliphatic carboxylic acids is 1. The molecule has 1 aliphatic heterocycles. The minimum atomic E-state index is -1.14. The van der Waals surface area contributed by atoms with Crippen LogP contribution in [0.15, 0.2) is 30.3 Å². The van der Waals surface area contributed by atoms with Crippen LogP contribution in [0.25, 0.3) is 0 Å². The van der Waals surface area contributed by atoms with Crippen molar-refractivity contribution < 1.29 is 38.6 Å². The van der Waals surface area contributed by atoms with Gasteiger partial charge in [-0.1, -0.05) is 71.4 Å². The average Bonchev–Trinajstić information content (AvgIpc) is 3.59. The van der Waals surface area contributed by atoms with Crippen molar-refractivity contribution in [1.29, 1.82) is 0 Å². The van der Waals surface area contributed by atoms with Crippen molar-refractivity contribution in [2.45, 2.75) is 122 Å². The monoisotopic (exact) mass is 746 g/mol. The van der Waals surface area contributed by atoms with Gasteiger partial charge in [-0.2, -0.15) is 0 Å². The van der Waals surface area contributed by atoms with E-state index in [1.54, 1.807) is 30.7 Å². The van der Waals surface area contributed by atoms with Gasteiger partial charge in [-0.3, -0.25) is 24.1 Å². The van der Waals surface area contributed by atoms with Gasteiger partial charge in [-0.15, -0.1) is 0 Å². The first-order valence-electron chi connectivity index (χ1n) is 18.8. The highest BCUT2D eigenvalue weighted by molar-refractivity contribution is 5.90. The van der Waals surface area contributed by atoms with E-state index in [9.17, 15) is 29.1 Å². The van der Waals surface area contributed by atoms with Crippen molar-refractivity contribution in [3.05, 3.63) is 35.9 Å². The Hall–Kier alpha value is -3.59. The van der Waals surface area contributed by atoms with Crippen LogP contribution in [0.2, 0.25) is 0 Å². The second-order valence-corrected chi connectivity index (χ2v) is 15.2. The SMILES string of the molecule is CCC(C)C(C(CC(=O)N1CCC[C@H]1C(OC)C(C)C(=O)NC(Cc1ccccc1)C(=O)O)OC)N(C)C(=O)C(NC(=O)C(C(C)C)N(C)C)C(C)N. The van der Waals surface area contributed by atoms with Crippen LogP contribution in [0.4, 0.5) is 0 Å². The number of likely N-dealkylation sites (tertiary alicyclic amines) is 1. The largest absolute Gasteiger partial charge is 0.480 e. The molecular formula is C39H66N6O8. The van der Waals surface area contributed by atoms with Gasteiger partial charge in [0.15, 0.2) is 0 Å². The van der Waals surface area contributed by atoms with Crippen molar-refractivity contribution in [2.75, 3.05) is 41.9 Å². The van der Waals surface area contributed by atoms with Crippen LogP contribution in [0, 0.1) is 17.8 Å². The van der Waals surface area contributed by atoms with Crippen LogP contribution in [0.5, 0.6) is 0 Å². The van der Waals surface area contributed by atoms with Crippen molar-refractivity contribution >= 4 is 29.6 Å². The first-order valence-corrected chi connectivity index (χ1v) is 18.8. The zero-order chi connectivity index (χ0) is 40.2. The van der Waals surface area contributed by atoms with E-state index in [1.807, 2.05) is 77.0 Å². The predicted molar refractivity (Wildman–Crippen MR) is 204 cm³/mol. The number of ether oxygens (including phenoxy) is 2. The molecule has 0 radical (unpaired) electrons. The number of nitrogens with zero attached hydrogens (tertiary/aromatic N) is 3. The van der Waals surface area contributed by atoms with Gasteiger partial charge in [0.05, 0.1) is 42.7 Å². The lowest BCUT2D eigenvalue weighted by atomic mass is 9.89. The van der Waals surface area contributed by atoms with Crippen molar-refractivity contribution in [3.8, 4) is 0 Å². The average molecular weight is 747 g/mol. The number of carbonyl (C=O) groups is 5. The van der Waals surface area contributed by atoms with Crippen LogP contribution < -0.4 is 16.4 Å². The molecule has 0 aliphatic carbocycles. The van der Waals surface area contributed by atoms with Gasteiger partial charge in [0, 0.05) is 40.3 Å². The lowest BCUT2D eigenvalue weighted by Crippen LogP contribution is -2.62. The molecule has 2 rings (SSSR count). The Bertz CT molecular complexity index is 1340. The fraction of sp³-hybridized carbons (Fsp3) is 0.718. The molecule has 1 fully saturated rings. The summed E-state index contributed by atoms with van der Waals surface area (Å²) >= 11 is 0. The smallest absolute Gasteiger partial charge is 0.326 e. The summed E-state index contributed by atoms with van der Waals surface area (Å²) in [6.07, 6.45) is 0.668. The van der Waals surface area contributed by atoms with Crippen molar-refractivity contribution in [2.24, 2.45) is 23.5 Å². The molecule has 10 atom stereocenters. The lowest BCUT2D eigenvalue weighted by Gasteiger charge is -2.41. The standard InChI is InChI=1S/C39H66N6O8/c1-12-24(4)34(44(9)38(49)32(26(6)40)42-37(48)33(23(2)3)43(7)8)30(52-10)22-31(46)45-20-16-19-29(45)35(53-11)25(5)36(47)41-28(39(50)51)21-27-17-14-13-15-18-27/h13-15,17-18,23-26,28-30,32-35H,12,16,19-22,40H2,1-11H3,(H,41,47)(H,42,48)(H,50,51)/t24?,25?,26?,28?,29-,30?,32?,33?,34?,35?/m0/s1. The summed E-state index contributed by atoms with van der Waals surface area (Å²) in [6, 6.07) is 4.82. The molecule has 5 N–H and O–H groups in total. The molecule has 0 saturated carbocycles. The minimum absolute atomic E-state index is 0.00547. The Kier molecular flexibility index (Phi) is 18.3. The second-order valence-electron chi connectivity index (χ2n) is 15.2. The van der Waals surface area contributed by atoms with Crippen LogP contribution in [-0.2, 0) is 39.9 Å². The Balaban J connectivity index is 2.27. The number of carboxylic acid groups (broad SMARTS) is 1. The van der Waals surface area contributed by atoms with E-state index in [2.05, 4.69) is 10.6 Å². The van der Waals surface area contributed by atoms with Crippen molar-refractivity contribution in [3.63, 3.8) is 0 Å². The van der Waals surface area contributed by atoms with Gasteiger partial charge in [-0.05, 0) is 51.3 Å². The fourth-order valence-corrected chi connectivity index (χ4v) is 7.67. The number of nitrogens with two attached hydrogens (primary N) is 1. The summed E-state index contributed by atoms with van der Waals surface area (Å²) in [4.78, 5) is 72.2. The van der Waals surface area contributed by atoms with Gasteiger partial charge >= 0.3 is 5.97 Å². The maximum Gasteiger partial charge on any atom is 0.326 e. The Morgan fingerprint density at radius 3 is 2.08 bits per heavy atom. The number of likely N-dealkylation sites (N-methyl/N-ethyl adjacent to an activating group) is 2. The quantitative estimate of drug-likeness (QED) is 0.145. The summed E-state index contributed by atoms with van der Waals surface area (Å²) in [5.41, 5.74) is 7.08. The van der Waals surface area contributed by atoms with E-state index in [4.69, 9.17) is 15.2 Å². The number of methoxy groups -OCH3 is 2. The summed E-state index contributed by atoms with van der Waals surface area (Å²) < 4.78 is 11.8. The molecule has 1 aliphatic rings. The molecule has 9 unspecified atom stereocenters. The molecule has 0 spiro atoms. The second kappa shape index (κ2) is 21.3. The molecular weight excluding hydrogens is 680 g/mol. The first kappa shape index (κ1) is 45.6. The summed E-state index contributed by atoms with van der Waals surface area (Å²) in [5, 5.41) is 15.4. The third kappa shape index (κ3) is 12.2. The zero-order valence-electron chi connectivity index (χ0n) is 33.7. The van der Waals surface area contributed by atoms with Gasteiger partial charge < -0.3 is 40.7 Å². The maximum absolute atomic E-state index is 14.1.